The lowest BCUT2D eigenvalue weighted by molar-refractivity contribution is 0.0997. The topological polar surface area (TPSA) is 15.3 Å². The lowest BCUT2D eigenvalue weighted by Crippen LogP contribution is -2.47. The molecule has 0 aromatic carbocycles. The third kappa shape index (κ3) is 4.45. The van der Waals surface area contributed by atoms with Crippen LogP contribution in [0.15, 0.2) is 0 Å². The fourth-order valence-corrected chi connectivity index (χ4v) is 4.54. The Hall–Kier alpha value is -0.0800. The number of fused-ring (bicyclic) bond motifs is 1. The molecule has 2 aliphatic rings. The molecule has 2 atom stereocenters. The Morgan fingerprint density at radius 3 is 2.48 bits per heavy atom. The van der Waals surface area contributed by atoms with E-state index in [0.717, 1.165) is 24.4 Å². The summed E-state index contributed by atoms with van der Waals surface area (Å²) in [4.78, 5) is 2.87. The van der Waals surface area contributed by atoms with Gasteiger partial charge in [0, 0.05) is 19.1 Å². The smallest absolute Gasteiger partial charge is 0.0124 e. The third-order valence-corrected chi connectivity index (χ3v) is 6.22. The number of hydrogen-bond donors (Lipinski definition) is 1. The van der Waals surface area contributed by atoms with E-state index in [1.54, 1.807) is 0 Å². The van der Waals surface area contributed by atoms with Crippen LogP contribution in [0.3, 0.4) is 0 Å². The van der Waals surface area contributed by atoms with Gasteiger partial charge in [0.2, 0.25) is 0 Å². The molecular weight excluding hydrogens is 256 g/mol. The molecule has 0 aromatic rings. The van der Waals surface area contributed by atoms with Gasteiger partial charge in [0.05, 0.1) is 0 Å². The zero-order chi connectivity index (χ0) is 15.3. The number of nitrogens with one attached hydrogen (secondary N) is 1. The lowest BCUT2D eigenvalue weighted by Gasteiger charge is -2.40. The summed E-state index contributed by atoms with van der Waals surface area (Å²) in [5, 5.41) is 3.75. The van der Waals surface area contributed by atoms with Crippen molar-refractivity contribution in [1.82, 2.24) is 10.2 Å². The molecule has 0 spiro atoms. The highest BCUT2D eigenvalue weighted by molar-refractivity contribution is 4.93. The van der Waals surface area contributed by atoms with Crippen molar-refractivity contribution in [3.63, 3.8) is 0 Å². The van der Waals surface area contributed by atoms with Crippen molar-refractivity contribution in [1.29, 1.82) is 0 Å². The predicted octanol–water partition coefficient (Wildman–Crippen LogP) is 4.30. The summed E-state index contributed by atoms with van der Waals surface area (Å²) >= 11 is 0. The van der Waals surface area contributed by atoms with E-state index in [9.17, 15) is 0 Å². The van der Waals surface area contributed by atoms with E-state index < -0.39 is 0 Å². The fourth-order valence-electron chi connectivity index (χ4n) is 4.54. The highest BCUT2D eigenvalue weighted by Gasteiger charge is 2.39. The number of rotatable bonds is 8. The molecule has 1 aliphatic carbocycles. The van der Waals surface area contributed by atoms with Crippen LogP contribution in [0, 0.1) is 17.3 Å². The van der Waals surface area contributed by atoms with Crippen LogP contribution in [0.4, 0.5) is 0 Å². The normalized spacial score (nSPS) is 27.3. The monoisotopic (exact) mass is 294 g/mol. The van der Waals surface area contributed by atoms with Crippen molar-refractivity contribution in [2.24, 2.45) is 17.3 Å². The van der Waals surface area contributed by atoms with Gasteiger partial charge < -0.3 is 5.32 Å². The molecule has 1 saturated heterocycles. The van der Waals surface area contributed by atoms with Gasteiger partial charge in [-0.25, -0.2) is 0 Å². The molecule has 0 aromatic heterocycles. The van der Waals surface area contributed by atoms with Gasteiger partial charge in [-0.2, -0.15) is 0 Å². The summed E-state index contributed by atoms with van der Waals surface area (Å²) < 4.78 is 0. The molecule has 1 N–H and O–H groups in total. The second kappa shape index (κ2) is 7.97. The summed E-state index contributed by atoms with van der Waals surface area (Å²) in [5.74, 6) is 1.78. The molecule has 2 rings (SSSR count). The minimum absolute atomic E-state index is 0.487. The second-order valence-corrected chi connectivity index (χ2v) is 8.10. The molecule has 0 amide bonds. The average Bonchev–Trinajstić information content (AvgIpc) is 2.89. The van der Waals surface area contributed by atoms with E-state index in [1.165, 1.54) is 64.6 Å². The summed E-state index contributed by atoms with van der Waals surface area (Å²) in [6.45, 7) is 14.5. The standard InChI is InChI=1S/C19H38N2/c1-5-19(6-2,14-20-13-16(3)4)15-21-12-11-17-9-7-8-10-18(17)21/h16-18,20H,5-15H2,1-4H3. The Balaban J connectivity index is 1.92. The van der Waals surface area contributed by atoms with Gasteiger partial charge in [-0.15, -0.1) is 0 Å². The highest BCUT2D eigenvalue weighted by atomic mass is 15.2. The molecule has 2 heteroatoms. The second-order valence-electron chi connectivity index (χ2n) is 8.10. The molecular formula is C19H38N2. The molecule has 21 heavy (non-hydrogen) atoms. The molecule has 0 radical (unpaired) electrons. The number of hydrogen-bond acceptors (Lipinski definition) is 2. The van der Waals surface area contributed by atoms with E-state index >= 15 is 0 Å². The summed E-state index contributed by atoms with van der Waals surface area (Å²) in [5.41, 5.74) is 0.487. The number of nitrogens with zero attached hydrogens (tertiary/aromatic N) is 1. The zero-order valence-corrected chi connectivity index (χ0v) is 15.0. The fraction of sp³-hybridized carbons (Fsp3) is 1.00. The first-order chi connectivity index (χ1) is 10.1. The van der Waals surface area contributed by atoms with Crippen LogP contribution in [0.1, 0.15) is 72.6 Å². The summed E-state index contributed by atoms with van der Waals surface area (Å²) in [6, 6.07) is 0.918. The first kappa shape index (κ1) is 17.3. The Bertz CT molecular complexity index is 296. The molecule has 124 valence electrons. The molecule has 0 bridgehead atoms. The van der Waals surface area contributed by atoms with Crippen molar-refractivity contribution >= 4 is 0 Å². The van der Waals surface area contributed by atoms with Crippen LogP contribution in [-0.2, 0) is 0 Å². The Morgan fingerprint density at radius 1 is 1.10 bits per heavy atom. The van der Waals surface area contributed by atoms with Gasteiger partial charge in [0.1, 0.15) is 0 Å². The summed E-state index contributed by atoms with van der Waals surface area (Å²) in [7, 11) is 0. The molecule has 1 heterocycles. The van der Waals surface area contributed by atoms with Crippen LogP contribution in [-0.4, -0.2) is 37.1 Å². The first-order valence-electron chi connectivity index (χ1n) is 9.55. The van der Waals surface area contributed by atoms with Gasteiger partial charge >= 0.3 is 0 Å². The quantitative estimate of drug-likeness (QED) is 0.718. The predicted molar refractivity (Wildman–Crippen MR) is 92.7 cm³/mol. The van der Waals surface area contributed by atoms with Crippen LogP contribution in [0.2, 0.25) is 0 Å². The third-order valence-electron chi connectivity index (χ3n) is 6.22. The highest BCUT2D eigenvalue weighted by Crippen LogP contribution is 2.39. The summed E-state index contributed by atoms with van der Waals surface area (Å²) in [6.07, 6.45) is 10.00. The van der Waals surface area contributed by atoms with Crippen molar-refractivity contribution in [2.45, 2.75) is 78.7 Å². The van der Waals surface area contributed by atoms with Crippen LogP contribution in [0.25, 0.3) is 0 Å². The van der Waals surface area contributed by atoms with Crippen LogP contribution >= 0.6 is 0 Å². The lowest BCUT2D eigenvalue weighted by atomic mass is 9.80. The van der Waals surface area contributed by atoms with Crippen molar-refractivity contribution in [3.8, 4) is 0 Å². The van der Waals surface area contributed by atoms with Gasteiger partial charge in [-0.1, -0.05) is 40.5 Å². The van der Waals surface area contributed by atoms with E-state index in [1.807, 2.05) is 0 Å². The minimum atomic E-state index is 0.487. The largest absolute Gasteiger partial charge is 0.316 e. The maximum atomic E-state index is 3.75. The van der Waals surface area contributed by atoms with E-state index in [2.05, 4.69) is 37.9 Å². The number of likely N-dealkylation sites (tertiary alicyclic amines) is 1. The molecule has 1 aliphatic heterocycles. The maximum absolute atomic E-state index is 3.75. The van der Waals surface area contributed by atoms with E-state index in [4.69, 9.17) is 0 Å². The van der Waals surface area contributed by atoms with Crippen molar-refractivity contribution < 1.29 is 0 Å². The van der Waals surface area contributed by atoms with E-state index in [-0.39, 0.29) is 0 Å². The Kier molecular flexibility index (Phi) is 6.55. The minimum Gasteiger partial charge on any atom is -0.316 e. The SMILES string of the molecule is CCC(CC)(CNCC(C)C)CN1CCC2CCCCC21. The van der Waals surface area contributed by atoms with Crippen molar-refractivity contribution in [2.75, 3.05) is 26.2 Å². The van der Waals surface area contributed by atoms with Gasteiger partial charge in [-0.05, 0) is 62.4 Å². The van der Waals surface area contributed by atoms with Crippen LogP contribution in [0.5, 0.6) is 0 Å². The molecule has 2 fully saturated rings. The van der Waals surface area contributed by atoms with Gasteiger partial charge in [-0.3, -0.25) is 4.90 Å². The van der Waals surface area contributed by atoms with Gasteiger partial charge in [0.25, 0.3) is 0 Å². The Morgan fingerprint density at radius 2 is 1.81 bits per heavy atom. The average molecular weight is 295 g/mol. The molecule has 2 unspecified atom stereocenters. The van der Waals surface area contributed by atoms with Gasteiger partial charge in [0.15, 0.2) is 0 Å². The first-order valence-corrected chi connectivity index (χ1v) is 9.55. The van der Waals surface area contributed by atoms with E-state index in [0.29, 0.717) is 5.41 Å². The maximum Gasteiger partial charge on any atom is 0.0124 e. The van der Waals surface area contributed by atoms with Crippen molar-refractivity contribution in [3.05, 3.63) is 0 Å². The Labute approximate surface area is 133 Å². The van der Waals surface area contributed by atoms with Crippen LogP contribution < -0.4 is 5.32 Å². The molecule has 2 nitrogen and oxygen atoms in total. The zero-order valence-electron chi connectivity index (χ0n) is 15.0. The molecule has 1 saturated carbocycles.